The second-order valence-corrected chi connectivity index (χ2v) is 8.33. The number of likely N-dealkylation sites (tertiary alicyclic amines) is 1. The molecule has 0 N–H and O–H groups in total. The molecule has 2 amide bonds. The maximum atomic E-state index is 13.1. The van der Waals surface area contributed by atoms with Crippen LogP contribution in [0.4, 0.5) is 5.69 Å². The van der Waals surface area contributed by atoms with Crippen LogP contribution in [0, 0.1) is 5.92 Å². The van der Waals surface area contributed by atoms with E-state index in [1.165, 1.54) is 5.69 Å². The van der Waals surface area contributed by atoms with Crippen LogP contribution < -0.4 is 14.4 Å². The highest BCUT2D eigenvalue weighted by molar-refractivity contribution is 5.89. The van der Waals surface area contributed by atoms with E-state index in [1.54, 1.807) is 14.2 Å². The van der Waals surface area contributed by atoms with Crippen molar-refractivity contribution < 1.29 is 19.1 Å². The lowest BCUT2D eigenvalue weighted by atomic mass is 10.1. The molecule has 0 aromatic heterocycles. The Labute approximate surface area is 189 Å². The molecule has 4 rings (SSSR count). The number of ether oxygens (including phenoxy) is 2. The summed E-state index contributed by atoms with van der Waals surface area (Å²) in [6, 6.07) is 16.1. The number of rotatable bonds is 7. The fourth-order valence-electron chi connectivity index (χ4n) is 4.54. The Morgan fingerprint density at radius 2 is 1.69 bits per heavy atom. The number of carbonyl (C=O) groups is 2. The lowest BCUT2D eigenvalue weighted by Gasteiger charge is -2.37. The minimum atomic E-state index is -0.240. The van der Waals surface area contributed by atoms with Gasteiger partial charge in [0.1, 0.15) is 0 Å². The van der Waals surface area contributed by atoms with Crippen molar-refractivity contribution in [2.75, 3.05) is 58.4 Å². The Hall–Kier alpha value is -3.22. The summed E-state index contributed by atoms with van der Waals surface area (Å²) < 4.78 is 10.6. The van der Waals surface area contributed by atoms with Gasteiger partial charge >= 0.3 is 0 Å². The molecule has 0 unspecified atom stereocenters. The molecule has 7 heteroatoms. The Balaban J connectivity index is 1.28. The van der Waals surface area contributed by atoms with E-state index in [0.717, 1.165) is 18.7 Å². The average Bonchev–Trinajstić information content (AvgIpc) is 3.23. The standard InChI is InChI=1S/C25H31N3O4/c1-31-22-9-8-19(16-23(22)32-2)10-11-28-18-20(17-24(28)29)25(30)27-14-12-26(13-15-27)21-6-4-3-5-7-21/h3-9,16,20H,10-15,17-18H2,1-2H3/t20-/m1/s1. The van der Waals surface area contributed by atoms with E-state index in [0.29, 0.717) is 50.5 Å². The van der Waals surface area contributed by atoms with Gasteiger partial charge in [-0.3, -0.25) is 9.59 Å². The van der Waals surface area contributed by atoms with Gasteiger partial charge < -0.3 is 24.2 Å². The maximum Gasteiger partial charge on any atom is 0.228 e. The van der Waals surface area contributed by atoms with E-state index >= 15 is 0 Å². The number of para-hydroxylation sites is 1. The number of piperazine rings is 1. The summed E-state index contributed by atoms with van der Waals surface area (Å²) >= 11 is 0. The molecule has 1 atom stereocenters. The Bertz CT molecular complexity index is 941. The Kier molecular flexibility index (Phi) is 6.83. The predicted octanol–water partition coefficient (Wildman–Crippen LogP) is 2.44. The lowest BCUT2D eigenvalue weighted by molar-refractivity contribution is -0.136. The van der Waals surface area contributed by atoms with E-state index in [9.17, 15) is 9.59 Å². The van der Waals surface area contributed by atoms with Gasteiger partial charge in [0.05, 0.1) is 20.1 Å². The molecule has 2 aromatic rings. The quantitative estimate of drug-likeness (QED) is 0.666. The Morgan fingerprint density at radius 1 is 0.969 bits per heavy atom. The number of benzene rings is 2. The van der Waals surface area contributed by atoms with Gasteiger partial charge in [0.25, 0.3) is 0 Å². The first-order valence-corrected chi connectivity index (χ1v) is 11.2. The van der Waals surface area contributed by atoms with Crippen molar-refractivity contribution in [2.24, 2.45) is 5.92 Å². The van der Waals surface area contributed by atoms with Crippen LogP contribution in [-0.4, -0.2) is 75.1 Å². The molecular weight excluding hydrogens is 406 g/mol. The van der Waals surface area contributed by atoms with Crippen LogP contribution in [0.5, 0.6) is 11.5 Å². The monoisotopic (exact) mass is 437 g/mol. The van der Waals surface area contributed by atoms with E-state index in [1.807, 2.05) is 46.2 Å². The number of nitrogens with zero attached hydrogens (tertiary/aromatic N) is 3. The van der Waals surface area contributed by atoms with Crippen molar-refractivity contribution in [3.05, 3.63) is 54.1 Å². The van der Waals surface area contributed by atoms with Crippen LogP contribution in [-0.2, 0) is 16.0 Å². The zero-order chi connectivity index (χ0) is 22.5. The van der Waals surface area contributed by atoms with E-state index < -0.39 is 0 Å². The van der Waals surface area contributed by atoms with Crippen molar-refractivity contribution in [1.82, 2.24) is 9.80 Å². The second kappa shape index (κ2) is 9.94. The number of anilines is 1. The summed E-state index contributed by atoms with van der Waals surface area (Å²) in [6.45, 7) is 4.14. The molecule has 170 valence electrons. The van der Waals surface area contributed by atoms with Crippen molar-refractivity contribution in [3.8, 4) is 11.5 Å². The van der Waals surface area contributed by atoms with E-state index in [-0.39, 0.29) is 17.7 Å². The largest absolute Gasteiger partial charge is 0.493 e. The van der Waals surface area contributed by atoms with Gasteiger partial charge in [-0.15, -0.1) is 0 Å². The highest BCUT2D eigenvalue weighted by Gasteiger charge is 2.37. The first-order chi connectivity index (χ1) is 15.6. The smallest absolute Gasteiger partial charge is 0.228 e. The molecule has 0 saturated carbocycles. The fourth-order valence-corrected chi connectivity index (χ4v) is 4.54. The van der Waals surface area contributed by atoms with Crippen LogP contribution in [0.2, 0.25) is 0 Å². The zero-order valence-electron chi connectivity index (χ0n) is 18.8. The molecule has 2 aliphatic rings. The highest BCUT2D eigenvalue weighted by Crippen LogP contribution is 2.28. The predicted molar refractivity (Wildman–Crippen MR) is 123 cm³/mol. The third kappa shape index (κ3) is 4.82. The first kappa shape index (κ1) is 22.0. The molecule has 2 aromatic carbocycles. The van der Waals surface area contributed by atoms with Gasteiger partial charge in [0, 0.05) is 51.4 Å². The molecule has 7 nitrogen and oxygen atoms in total. The van der Waals surface area contributed by atoms with E-state index in [2.05, 4.69) is 17.0 Å². The van der Waals surface area contributed by atoms with Crippen molar-refractivity contribution in [1.29, 1.82) is 0 Å². The van der Waals surface area contributed by atoms with Gasteiger partial charge in [0.15, 0.2) is 11.5 Å². The van der Waals surface area contributed by atoms with Crippen LogP contribution in [0.1, 0.15) is 12.0 Å². The SMILES string of the molecule is COc1ccc(CCN2C[C@H](C(=O)N3CCN(c4ccccc4)CC3)CC2=O)cc1OC. The lowest BCUT2D eigenvalue weighted by Crippen LogP contribution is -2.50. The molecule has 0 radical (unpaired) electrons. The van der Waals surface area contributed by atoms with Gasteiger partial charge in [-0.2, -0.15) is 0 Å². The third-order valence-corrected chi connectivity index (χ3v) is 6.39. The second-order valence-electron chi connectivity index (χ2n) is 8.33. The molecule has 32 heavy (non-hydrogen) atoms. The van der Waals surface area contributed by atoms with Gasteiger partial charge in [-0.25, -0.2) is 0 Å². The molecule has 2 fully saturated rings. The molecule has 2 saturated heterocycles. The van der Waals surface area contributed by atoms with Gasteiger partial charge in [-0.05, 0) is 36.2 Å². The third-order valence-electron chi connectivity index (χ3n) is 6.39. The van der Waals surface area contributed by atoms with Gasteiger partial charge in [-0.1, -0.05) is 24.3 Å². The molecule has 0 bridgehead atoms. The number of amides is 2. The summed E-state index contributed by atoms with van der Waals surface area (Å²) in [5.41, 5.74) is 2.26. The topological polar surface area (TPSA) is 62.3 Å². The number of carbonyl (C=O) groups excluding carboxylic acids is 2. The van der Waals surface area contributed by atoms with E-state index in [4.69, 9.17) is 9.47 Å². The van der Waals surface area contributed by atoms with Crippen LogP contribution in [0.15, 0.2) is 48.5 Å². The molecule has 2 aliphatic heterocycles. The van der Waals surface area contributed by atoms with Gasteiger partial charge in [0.2, 0.25) is 11.8 Å². The van der Waals surface area contributed by atoms with Crippen molar-refractivity contribution >= 4 is 17.5 Å². The molecule has 0 spiro atoms. The number of hydrogen-bond acceptors (Lipinski definition) is 5. The summed E-state index contributed by atoms with van der Waals surface area (Å²) in [4.78, 5) is 31.7. The number of hydrogen-bond donors (Lipinski definition) is 0. The van der Waals surface area contributed by atoms with Crippen LogP contribution in [0.25, 0.3) is 0 Å². The highest BCUT2D eigenvalue weighted by atomic mass is 16.5. The summed E-state index contributed by atoms with van der Waals surface area (Å²) in [7, 11) is 3.22. The number of methoxy groups -OCH3 is 2. The molecule has 0 aliphatic carbocycles. The summed E-state index contributed by atoms with van der Waals surface area (Å²) in [5.74, 6) is 1.30. The Morgan fingerprint density at radius 3 is 2.38 bits per heavy atom. The zero-order valence-corrected chi connectivity index (χ0v) is 18.8. The first-order valence-electron chi connectivity index (χ1n) is 11.2. The molecular formula is C25H31N3O4. The summed E-state index contributed by atoms with van der Waals surface area (Å²) in [5, 5.41) is 0. The minimum Gasteiger partial charge on any atom is -0.493 e. The average molecular weight is 438 g/mol. The summed E-state index contributed by atoms with van der Waals surface area (Å²) in [6.07, 6.45) is 1.02. The van der Waals surface area contributed by atoms with Crippen LogP contribution >= 0.6 is 0 Å². The fraction of sp³-hybridized carbons (Fsp3) is 0.440. The maximum absolute atomic E-state index is 13.1. The van der Waals surface area contributed by atoms with Crippen molar-refractivity contribution in [2.45, 2.75) is 12.8 Å². The van der Waals surface area contributed by atoms with Crippen LogP contribution in [0.3, 0.4) is 0 Å². The normalized spacial score (nSPS) is 18.8. The molecule has 2 heterocycles. The minimum absolute atomic E-state index is 0.0618. The van der Waals surface area contributed by atoms with Crippen molar-refractivity contribution in [3.63, 3.8) is 0 Å².